The van der Waals surface area contributed by atoms with Crippen LogP contribution in [0, 0.1) is 5.82 Å². The molecule has 0 unspecified atom stereocenters. The van der Waals surface area contributed by atoms with Crippen molar-refractivity contribution in [2.75, 3.05) is 10.6 Å². The van der Waals surface area contributed by atoms with E-state index in [4.69, 9.17) is 46.4 Å². The van der Waals surface area contributed by atoms with Crippen molar-refractivity contribution in [3.05, 3.63) is 158 Å². The molecule has 62 heavy (non-hydrogen) atoms. The summed E-state index contributed by atoms with van der Waals surface area (Å²) in [4.78, 5) is 40.1. The second-order valence-electron chi connectivity index (χ2n) is 13.0. The maximum atomic E-state index is 13.4. The number of hydrogen-bond acceptors (Lipinski definition) is 5. The lowest BCUT2D eigenvalue weighted by atomic mass is 10.1. The number of H-pyrrole nitrogens is 2. The third-order valence-corrected chi connectivity index (χ3v) is 10.0. The van der Waals surface area contributed by atoms with Crippen molar-refractivity contribution >= 4 is 91.7 Å². The van der Waals surface area contributed by atoms with Gasteiger partial charge in [0, 0.05) is 28.6 Å². The summed E-state index contributed by atoms with van der Waals surface area (Å²) < 4.78 is 93.1. The number of rotatable bonds is 7. The Morgan fingerprint density at radius 1 is 0.565 bits per heavy atom. The molecule has 4 N–H and O–H groups in total. The van der Waals surface area contributed by atoms with Gasteiger partial charge < -0.3 is 25.3 Å². The molecule has 8 rings (SSSR count). The Morgan fingerprint density at radius 3 is 1.47 bits per heavy atom. The van der Waals surface area contributed by atoms with Crippen LogP contribution in [0.5, 0.6) is 5.75 Å². The first-order valence-corrected chi connectivity index (χ1v) is 19.1. The molecule has 0 radical (unpaired) electrons. The average Bonchev–Trinajstić information content (AvgIpc) is 3.81. The summed E-state index contributed by atoms with van der Waals surface area (Å²) in [5.41, 5.74) is 2.14. The molecule has 0 bridgehead atoms. The number of carbonyl (C=O) groups is 2. The molecule has 0 atom stereocenters. The highest BCUT2D eigenvalue weighted by Gasteiger charge is 2.34. The van der Waals surface area contributed by atoms with Crippen LogP contribution < -0.4 is 15.4 Å². The number of ether oxygens (including phenoxy) is 1. The van der Waals surface area contributed by atoms with E-state index in [9.17, 15) is 40.3 Å². The first kappa shape index (κ1) is 43.7. The number of fused-ring (bicyclic) bond motifs is 2. The minimum absolute atomic E-state index is 0.153. The van der Waals surface area contributed by atoms with E-state index in [1.165, 1.54) is 24.3 Å². The summed E-state index contributed by atoms with van der Waals surface area (Å²) in [7, 11) is 0. The van der Waals surface area contributed by atoms with Gasteiger partial charge in [0.25, 0.3) is 11.8 Å². The Morgan fingerprint density at radius 2 is 1.02 bits per heavy atom. The molecule has 0 saturated heterocycles. The molecular weight excluding hydrogens is 911 g/mol. The Labute approximate surface area is 364 Å². The van der Waals surface area contributed by atoms with Crippen molar-refractivity contribution in [3.63, 3.8) is 0 Å². The predicted molar refractivity (Wildman–Crippen MR) is 224 cm³/mol. The number of amides is 2. The molecule has 0 fully saturated rings. The van der Waals surface area contributed by atoms with E-state index >= 15 is 0 Å². The molecule has 316 valence electrons. The number of nitrogens with zero attached hydrogens (tertiary/aromatic N) is 2. The zero-order chi connectivity index (χ0) is 44.5. The van der Waals surface area contributed by atoms with Gasteiger partial charge in [-0.3, -0.25) is 9.59 Å². The second-order valence-corrected chi connectivity index (χ2v) is 14.6. The molecular formula is C42H23Cl4F7N6O3. The van der Waals surface area contributed by atoms with Crippen molar-refractivity contribution < 1.29 is 45.1 Å². The maximum absolute atomic E-state index is 13.4. The molecule has 0 spiro atoms. The van der Waals surface area contributed by atoms with E-state index < -0.39 is 41.5 Å². The molecule has 2 heterocycles. The number of aromatic amines is 2. The fourth-order valence-electron chi connectivity index (χ4n) is 5.98. The number of alkyl halides is 6. The number of anilines is 2. The summed E-state index contributed by atoms with van der Waals surface area (Å²) >= 11 is 24.9. The van der Waals surface area contributed by atoms with Gasteiger partial charge in [-0.1, -0.05) is 64.6 Å². The molecule has 8 aromatic rings. The van der Waals surface area contributed by atoms with E-state index in [0.29, 0.717) is 77.1 Å². The topological polar surface area (TPSA) is 125 Å². The summed E-state index contributed by atoms with van der Waals surface area (Å²) in [6.45, 7) is 0. The van der Waals surface area contributed by atoms with Gasteiger partial charge in [0.2, 0.25) is 0 Å². The Balaban J connectivity index is 0.000000186. The molecule has 9 nitrogen and oxygen atoms in total. The number of hydrogen-bond donors (Lipinski definition) is 4. The van der Waals surface area contributed by atoms with Gasteiger partial charge in [0.1, 0.15) is 23.2 Å². The van der Waals surface area contributed by atoms with Gasteiger partial charge in [-0.15, -0.1) is 13.2 Å². The van der Waals surface area contributed by atoms with E-state index in [-0.39, 0.29) is 22.5 Å². The van der Waals surface area contributed by atoms with Gasteiger partial charge in [0.15, 0.2) is 0 Å². The minimum Gasteiger partial charge on any atom is -0.406 e. The third-order valence-electron chi connectivity index (χ3n) is 8.74. The molecule has 0 aliphatic heterocycles. The number of halogens is 11. The SMILES string of the molecule is O=C(Nc1ccc(F)c(C(F)(F)F)c1)c1ccc2nc(-c3c(Cl)cccc3Cl)[nH]c2c1.O=C(Nc1cccc(OC(F)(F)F)c1)c1ccc2nc(-c3c(Cl)cccc3Cl)[nH]c2c1. The Bertz CT molecular complexity index is 2970. The maximum Gasteiger partial charge on any atom is 0.573 e. The largest absolute Gasteiger partial charge is 0.573 e. The normalized spacial score (nSPS) is 11.6. The highest BCUT2D eigenvalue weighted by molar-refractivity contribution is 6.39. The highest BCUT2D eigenvalue weighted by Crippen LogP contribution is 2.36. The lowest BCUT2D eigenvalue weighted by Crippen LogP contribution is -2.17. The molecule has 0 aliphatic carbocycles. The first-order valence-electron chi connectivity index (χ1n) is 17.6. The van der Waals surface area contributed by atoms with Gasteiger partial charge in [0.05, 0.1) is 58.8 Å². The van der Waals surface area contributed by atoms with Crippen molar-refractivity contribution in [1.29, 1.82) is 0 Å². The summed E-state index contributed by atoms with van der Waals surface area (Å²) in [5, 5.41) is 6.50. The summed E-state index contributed by atoms with van der Waals surface area (Å²) in [6.07, 6.45) is -9.70. The van der Waals surface area contributed by atoms with Crippen molar-refractivity contribution in [2.45, 2.75) is 12.5 Å². The summed E-state index contributed by atoms with van der Waals surface area (Å²) in [6, 6.07) is 26.6. The highest BCUT2D eigenvalue weighted by atomic mass is 35.5. The van der Waals surface area contributed by atoms with E-state index in [1.807, 2.05) is 0 Å². The fraction of sp³-hybridized carbons (Fsp3) is 0.0476. The molecule has 2 aromatic heterocycles. The van der Waals surface area contributed by atoms with Crippen molar-refractivity contribution in [2.24, 2.45) is 0 Å². The second kappa shape index (κ2) is 17.6. The van der Waals surface area contributed by atoms with Crippen molar-refractivity contribution in [3.8, 4) is 28.5 Å². The standard InChI is InChI=1S/C21H11Cl2F4N3O.C21H12Cl2F3N3O2/c22-13-2-1-3-14(23)18(13)19-29-16-7-4-10(8-17(16)30-19)20(31)28-11-5-6-15(24)12(9-11)21(25,26)27;22-14-5-2-6-15(23)18(14)19-28-16-8-7-11(9-17(16)29-19)20(30)27-12-3-1-4-13(10-12)31-21(24,25)26/h1-9H,(H,28,31)(H,29,30);1-10H,(H,27,30)(H,28,29). The zero-order valence-electron chi connectivity index (χ0n) is 30.7. The van der Waals surface area contributed by atoms with Crippen LogP contribution in [0.3, 0.4) is 0 Å². The van der Waals surface area contributed by atoms with Crippen LogP contribution in [-0.2, 0) is 6.18 Å². The van der Waals surface area contributed by atoms with Crippen LogP contribution in [-0.4, -0.2) is 38.1 Å². The van der Waals surface area contributed by atoms with Gasteiger partial charge in [-0.05, 0) is 91.0 Å². The lowest BCUT2D eigenvalue weighted by Gasteiger charge is -2.11. The summed E-state index contributed by atoms with van der Waals surface area (Å²) in [5.74, 6) is -2.20. The van der Waals surface area contributed by atoms with Crippen LogP contribution in [0.1, 0.15) is 26.3 Å². The quantitative estimate of drug-likeness (QED) is 0.118. The van der Waals surface area contributed by atoms with Crippen LogP contribution in [0.2, 0.25) is 20.1 Å². The number of nitrogens with one attached hydrogen (secondary N) is 4. The number of benzene rings is 6. The van der Waals surface area contributed by atoms with Crippen LogP contribution in [0.25, 0.3) is 44.8 Å². The molecule has 0 saturated carbocycles. The van der Waals surface area contributed by atoms with E-state index in [1.54, 1.807) is 60.7 Å². The van der Waals surface area contributed by atoms with Crippen LogP contribution in [0.15, 0.2) is 115 Å². The van der Waals surface area contributed by atoms with Crippen molar-refractivity contribution in [1.82, 2.24) is 19.9 Å². The van der Waals surface area contributed by atoms with E-state index in [2.05, 4.69) is 35.3 Å². The van der Waals surface area contributed by atoms with Crippen LogP contribution in [0.4, 0.5) is 42.1 Å². The fourth-order valence-corrected chi connectivity index (χ4v) is 7.14. The monoisotopic (exact) mass is 932 g/mol. The molecule has 2 amide bonds. The molecule has 6 aromatic carbocycles. The smallest absolute Gasteiger partial charge is 0.406 e. The Hall–Kier alpha value is -6.33. The molecule has 0 aliphatic rings. The van der Waals surface area contributed by atoms with Gasteiger partial charge >= 0.3 is 12.5 Å². The number of imidazole rings is 2. The average molecular weight is 934 g/mol. The number of aromatic nitrogens is 4. The molecule has 20 heteroatoms. The van der Waals surface area contributed by atoms with Gasteiger partial charge in [-0.25, -0.2) is 14.4 Å². The minimum atomic E-state index is -4.88. The van der Waals surface area contributed by atoms with Crippen LogP contribution >= 0.6 is 46.4 Å². The third kappa shape index (κ3) is 10.1. The zero-order valence-corrected chi connectivity index (χ0v) is 33.8. The van der Waals surface area contributed by atoms with Gasteiger partial charge in [-0.2, -0.15) is 13.2 Å². The predicted octanol–water partition coefficient (Wildman–Crippen LogP) is 13.6. The Kier molecular flexibility index (Phi) is 12.4. The van der Waals surface area contributed by atoms with E-state index in [0.717, 1.165) is 18.2 Å². The number of carbonyl (C=O) groups excluding carboxylic acids is 2. The first-order chi connectivity index (χ1) is 29.3. The lowest BCUT2D eigenvalue weighted by molar-refractivity contribution is -0.274.